The number of nitrogens with one attached hydrogen (secondary N) is 1. The van der Waals surface area contributed by atoms with E-state index >= 15 is 0 Å². The first-order chi connectivity index (χ1) is 8.88. The number of rotatable bonds is 6. The van der Waals surface area contributed by atoms with Crippen molar-refractivity contribution in [1.29, 1.82) is 0 Å². The van der Waals surface area contributed by atoms with Crippen LogP contribution in [-0.2, 0) is 5.75 Å². The van der Waals surface area contributed by atoms with Gasteiger partial charge in [-0.2, -0.15) is 0 Å². The van der Waals surface area contributed by atoms with Gasteiger partial charge in [-0.15, -0.1) is 11.8 Å². The number of aromatic nitrogens is 2. The molecule has 0 unspecified atom stereocenters. The first kappa shape index (κ1) is 12.9. The molecular formula is C14H17N3S. The predicted molar refractivity (Wildman–Crippen MR) is 76.8 cm³/mol. The van der Waals surface area contributed by atoms with Gasteiger partial charge in [0.25, 0.3) is 0 Å². The molecule has 0 aliphatic rings. The van der Waals surface area contributed by atoms with Gasteiger partial charge in [-0.05, 0) is 30.7 Å². The molecule has 18 heavy (non-hydrogen) atoms. The summed E-state index contributed by atoms with van der Waals surface area (Å²) in [4.78, 5) is 9.62. The fourth-order valence-electron chi connectivity index (χ4n) is 1.53. The Kier molecular flexibility index (Phi) is 5.02. The molecule has 94 valence electrons. The zero-order chi connectivity index (χ0) is 12.6. The van der Waals surface area contributed by atoms with Crippen molar-refractivity contribution in [2.75, 3.05) is 11.9 Å². The van der Waals surface area contributed by atoms with Crippen molar-refractivity contribution in [3.05, 3.63) is 48.5 Å². The van der Waals surface area contributed by atoms with Crippen LogP contribution in [0.15, 0.2) is 47.8 Å². The summed E-state index contributed by atoms with van der Waals surface area (Å²) < 4.78 is 0. The highest BCUT2D eigenvalue weighted by Gasteiger charge is 1.99. The maximum atomic E-state index is 4.39. The molecule has 4 heteroatoms. The fraction of sp³-hybridized carbons (Fsp3) is 0.286. The Morgan fingerprint density at radius 1 is 1.17 bits per heavy atom. The lowest BCUT2D eigenvalue weighted by Gasteiger charge is -2.06. The van der Waals surface area contributed by atoms with Gasteiger partial charge in [-0.3, -0.25) is 9.97 Å². The summed E-state index contributed by atoms with van der Waals surface area (Å²) in [6, 6.07) is 8.16. The number of thioether (sulfide) groups is 1. The lowest BCUT2D eigenvalue weighted by Crippen LogP contribution is -2.00. The van der Waals surface area contributed by atoms with Crippen LogP contribution >= 0.6 is 11.8 Å². The Balaban J connectivity index is 1.93. The van der Waals surface area contributed by atoms with E-state index in [2.05, 4.69) is 28.3 Å². The molecule has 0 aromatic carbocycles. The molecule has 0 radical (unpaired) electrons. The average molecular weight is 259 g/mol. The Morgan fingerprint density at radius 3 is 2.78 bits per heavy atom. The smallest absolute Gasteiger partial charge is 0.0526 e. The van der Waals surface area contributed by atoms with E-state index in [1.165, 1.54) is 4.90 Å². The van der Waals surface area contributed by atoms with Crippen LogP contribution in [0.5, 0.6) is 0 Å². The largest absolute Gasteiger partial charge is 0.385 e. The standard InChI is InChI=1S/C14H17N3S/c1-2-6-16-12-3-9-17-13(10-12)11-18-14-4-7-15-8-5-14/h3-5,7-10H,2,6,11H2,1H3,(H,16,17). The van der Waals surface area contributed by atoms with Crippen molar-refractivity contribution in [2.45, 2.75) is 24.0 Å². The zero-order valence-corrected chi connectivity index (χ0v) is 11.3. The minimum atomic E-state index is 0.881. The van der Waals surface area contributed by atoms with Gasteiger partial charge in [0.15, 0.2) is 0 Å². The van der Waals surface area contributed by atoms with E-state index in [0.29, 0.717) is 0 Å². The average Bonchev–Trinajstić information content (AvgIpc) is 2.44. The zero-order valence-electron chi connectivity index (χ0n) is 10.5. The number of nitrogens with zero attached hydrogens (tertiary/aromatic N) is 2. The third-order valence-electron chi connectivity index (χ3n) is 2.43. The summed E-state index contributed by atoms with van der Waals surface area (Å²) in [5.41, 5.74) is 2.25. The molecule has 2 aromatic rings. The van der Waals surface area contributed by atoms with E-state index in [-0.39, 0.29) is 0 Å². The summed E-state index contributed by atoms with van der Waals surface area (Å²) in [5, 5.41) is 3.37. The van der Waals surface area contributed by atoms with Crippen molar-refractivity contribution in [1.82, 2.24) is 9.97 Å². The van der Waals surface area contributed by atoms with E-state index in [1.54, 1.807) is 11.8 Å². The monoisotopic (exact) mass is 259 g/mol. The molecule has 1 N–H and O–H groups in total. The Labute approximate surface area is 112 Å². The van der Waals surface area contributed by atoms with Crippen molar-refractivity contribution in [2.24, 2.45) is 0 Å². The van der Waals surface area contributed by atoms with Gasteiger partial charge in [-0.1, -0.05) is 6.92 Å². The van der Waals surface area contributed by atoms with Gasteiger partial charge in [0, 0.05) is 41.5 Å². The molecule has 0 bridgehead atoms. The van der Waals surface area contributed by atoms with Crippen molar-refractivity contribution in [3.8, 4) is 0 Å². The van der Waals surface area contributed by atoms with Crippen LogP contribution in [-0.4, -0.2) is 16.5 Å². The third kappa shape index (κ3) is 4.04. The quantitative estimate of drug-likeness (QED) is 0.804. The van der Waals surface area contributed by atoms with E-state index in [0.717, 1.165) is 30.1 Å². The Hall–Kier alpha value is -1.55. The Morgan fingerprint density at radius 2 is 2.00 bits per heavy atom. The van der Waals surface area contributed by atoms with Gasteiger partial charge in [0.2, 0.25) is 0 Å². The molecule has 0 fully saturated rings. The van der Waals surface area contributed by atoms with Gasteiger partial charge in [0.05, 0.1) is 5.69 Å². The highest BCUT2D eigenvalue weighted by atomic mass is 32.2. The van der Waals surface area contributed by atoms with Crippen molar-refractivity contribution >= 4 is 17.4 Å². The van der Waals surface area contributed by atoms with Crippen LogP contribution in [0.25, 0.3) is 0 Å². The molecule has 0 aliphatic heterocycles. The summed E-state index contributed by atoms with van der Waals surface area (Å²) in [6.45, 7) is 3.16. The maximum absolute atomic E-state index is 4.39. The summed E-state index contributed by atoms with van der Waals surface area (Å²) >= 11 is 1.78. The minimum absolute atomic E-state index is 0.881. The molecule has 2 aromatic heterocycles. The van der Waals surface area contributed by atoms with Crippen molar-refractivity contribution in [3.63, 3.8) is 0 Å². The maximum Gasteiger partial charge on any atom is 0.0526 e. The molecule has 0 saturated carbocycles. The summed E-state index contributed by atoms with van der Waals surface area (Å²) in [7, 11) is 0. The highest BCUT2D eigenvalue weighted by molar-refractivity contribution is 7.98. The minimum Gasteiger partial charge on any atom is -0.385 e. The van der Waals surface area contributed by atoms with E-state index in [9.17, 15) is 0 Å². The second-order valence-electron chi connectivity index (χ2n) is 3.93. The van der Waals surface area contributed by atoms with Gasteiger partial charge >= 0.3 is 0 Å². The molecule has 0 saturated heterocycles. The van der Waals surface area contributed by atoms with E-state index in [4.69, 9.17) is 0 Å². The molecule has 0 spiro atoms. The van der Waals surface area contributed by atoms with Crippen LogP contribution in [0.2, 0.25) is 0 Å². The molecule has 0 aliphatic carbocycles. The first-order valence-electron chi connectivity index (χ1n) is 6.10. The van der Waals surface area contributed by atoms with Gasteiger partial charge in [0.1, 0.15) is 0 Å². The van der Waals surface area contributed by atoms with E-state index < -0.39 is 0 Å². The van der Waals surface area contributed by atoms with Gasteiger partial charge < -0.3 is 5.32 Å². The second kappa shape index (κ2) is 7.01. The lowest BCUT2D eigenvalue weighted by atomic mass is 10.3. The molecule has 2 rings (SSSR count). The molecule has 2 heterocycles. The third-order valence-corrected chi connectivity index (χ3v) is 3.48. The first-order valence-corrected chi connectivity index (χ1v) is 7.08. The normalized spacial score (nSPS) is 10.3. The number of hydrogen-bond donors (Lipinski definition) is 1. The van der Waals surface area contributed by atoms with Crippen molar-refractivity contribution < 1.29 is 0 Å². The van der Waals surface area contributed by atoms with Crippen LogP contribution < -0.4 is 5.32 Å². The number of anilines is 1. The van der Waals surface area contributed by atoms with Gasteiger partial charge in [-0.25, -0.2) is 0 Å². The molecular weight excluding hydrogens is 242 g/mol. The lowest BCUT2D eigenvalue weighted by molar-refractivity contribution is 0.977. The van der Waals surface area contributed by atoms with Crippen LogP contribution in [0.3, 0.4) is 0 Å². The summed E-state index contributed by atoms with van der Waals surface area (Å²) in [5.74, 6) is 0.881. The molecule has 0 atom stereocenters. The molecule has 0 amide bonds. The van der Waals surface area contributed by atoms with Crippen LogP contribution in [0.1, 0.15) is 19.0 Å². The van der Waals surface area contributed by atoms with Crippen LogP contribution in [0.4, 0.5) is 5.69 Å². The van der Waals surface area contributed by atoms with Crippen LogP contribution in [0, 0.1) is 0 Å². The second-order valence-corrected chi connectivity index (χ2v) is 4.98. The van der Waals surface area contributed by atoms with E-state index in [1.807, 2.05) is 36.8 Å². The highest BCUT2D eigenvalue weighted by Crippen LogP contribution is 2.21. The molecule has 3 nitrogen and oxygen atoms in total. The topological polar surface area (TPSA) is 37.8 Å². The summed E-state index contributed by atoms with van der Waals surface area (Å²) in [6.07, 6.45) is 6.62. The Bertz CT molecular complexity index is 473. The predicted octanol–water partition coefficient (Wildman–Crippen LogP) is 3.59. The number of hydrogen-bond acceptors (Lipinski definition) is 4. The SMILES string of the molecule is CCCNc1ccnc(CSc2ccncc2)c1. The number of pyridine rings is 2. The fourth-order valence-corrected chi connectivity index (χ4v) is 2.31.